The van der Waals surface area contributed by atoms with E-state index in [0.29, 0.717) is 0 Å². The van der Waals surface area contributed by atoms with E-state index in [9.17, 15) is 0 Å². The Morgan fingerprint density at radius 3 is 1.12 bits per heavy atom. The minimum absolute atomic E-state index is 1.10. The summed E-state index contributed by atoms with van der Waals surface area (Å²) in [5.41, 5.74) is 23.5. The van der Waals surface area contributed by atoms with Crippen molar-refractivity contribution in [3.8, 4) is 0 Å². The van der Waals surface area contributed by atoms with E-state index in [2.05, 4.69) is 52.0 Å². The molecule has 0 amide bonds. The van der Waals surface area contributed by atoms with Crippen LogP contribution < -0.4 is 0 Å². The monoisotopic (exact) mass is 388 g/mol. The predicted octanol–water partition coefficient (Wildman–Crippen LogP) is 5.89. The van der Waals surface area contributed by atoms with E-state index >= 15 is 0 Å². The summed E-state index contributed by atoms with van der Waals surface area (Å²) in [5.74, 6) is 4.45. The first kappa shape index (κ1) is 22.5. The Bertz CT molecular complexity index is 689. The van der Waals surface area contributed by atoms with E-state index in [0.717, 1.165) is 23.0 Å². The van der Waals surface area contributed by atoms with Crippen LogP contribution in [0, 0.1) is 38.6 Å². The van der Waals surface area contributed by atoms with E-state index in [1.54, 1.807) is 11.1 Å². The molecule has 136 valence electrons. The fraction of sp³-hybridized carbons (Fsp3) is 0.400. The summed E-state index contributed by atoms with van der Waals surface area (Å²) >= 11 is 4.07. The van der Waals surface area contributed by atoms with Crippen LogP contribution in [-0.2, 0) is 32.6 Å². The average molecular weight is 389 g/mol. The van der Waals surface area contributed by atoms with Crippen LogP contribution in [0.15, 0.2) is 24.3 Å². The molecule has 6 rings (SSSR count). The van der Waals surface area contributed by atoms with Crippen molar-refractivity contribution in [2.24, 2.45) is 0 Å². The second-order valence-corrected chi connectivity index (χ2v) is 8.23. The molecule has 0 radical (unpaired) electrons. The summed E-state index contributed by atoms with van der Waals surface area (Å²) in [6.45, 7) is 9.24. The zero-order chi connectivity index (χ0) is 19.7. The minimum atomic E-state index is 1.10. The molecule has 2 aromatic carbocycles. The number of thioether (sulfide) groups is 2. The number of nitrogens with zero attached hydrogens (tertiary/aromatic N) is 2. The van der Waals surface area contributed by atoms with Crippen LogP contribution in [0.3, 0.4) is 0 Å². The zero-order valence-corrected chi connectivity index (χ0v) is 17.3. The van der Waals surface area contributed by atoms with Gasteiger partial charge in [0.05, 0.1) is 0 Å². The van der Waals surface area contributed by atoms with Crippen molar-refractivity contribution in [2.45, 2.75) is 50.7 Å². The number of rotatable bonds is 0. The SMILES string of the molecule is Cc1c(C)c2c(C)c(C)c1CSCc1ccc(cc1)CSC2.N#[O+].N#[O+]. The van der Waals surface area contributed by atoms with Gasteiger partial charge >= 0.3 is 20.5 Å². The van der Waals surface area contributed by atoms with Crippen molar-refractivity contribution in [3.05, 3.63) is 68.8 Å². The van der Waals surface area contributed by atoms with Gasteiger partial charge in [-0.15, -0.1) is 0 Å². The van der Waals surface area contributed by atoms with Crippen LogP contribution in [0.1, 0.15) is 44.5 Å². The van der Waals surface area contributed by atoms with E-state index in [1.807, 2.05) is 23.5 Å². The number of hydrogen-bond acceptors (Lipinski definition) is 4. The molecule has 6 heteroatoms. The van der Waals surface area contributed by atoms with Crippen LogP contribution in [0.4, 0.5) is 0 Å². The van der Waals surface area contributed by atoms with Crippen LogP contribution in [0.2, 0.25) is 0 Å². The third kappa shape index (κ3) is 5.24. The normalized spacial score (nSPS) is 12.9. The van der Waals surface area contributed by atoms with Gasteiger partial charge in [0, 0.05) is 23.0 Å². The summed E-state index contributed by atoms with van der Waals surface area (Å²) in [4.78, 5) is 0. The average Bonchev–Trinajstić information content (AvgIpc) is 2.69. The fourth-order valence-electron chi connectivity index (χ4n) is 3.17. The Kier molecular flexibility index (Phi) is 9.74. The molecule has 4 heterocycles. The van der Waals surface area contributed by atoms with Gasteiger partial charge in [-0.1, -0.05) is 24.3 Å². The second-order valence-electron chi connectivity index (χ2n) is 6.26. The first-order valence-corrected chi connectivity index (χ1v) is 10.6. The van der Waals surface area contributed by atoms with Gasteiger partial charge in [-0.2, -0.15) is 23.5 Å². The molecule has 4 bridgehead atoms. The summed E-state index contributed by atoms with van der Waals surface area (Å²) in [7, 11) is 0. The number of hydrogen-bond donors (Lipinski definition) is 0. The molecule has 0 fully saturated rings. The van der Waals surface area contributed by atoms with Gasteiger partial charge in [0.1, 0.15) is 0 Å². The van der Waals surface area contributed by atoms with Crippen molar-refractivity contribution in [3.63, 3.8) is 0 Å². The van der Waals surface area contributed by atoms with Gasteiger partial charge in [0.25, 0.3) is 0 Å². The topological polar surface area (TPSA) is 87.4 Å². The third-order valence-corrected chi connectivity index (χ3v) is 7.05. The van der Waals surface area contributed by atoms with Crippen LogP contribution >= 0.6 is 23.5 Å². The zero-order valence-electron chi connectivity index (χ0n) is 15.7. The van der Waals surface area contributed by atoms with Gasteiger partial charge in [-0.25, -0.2) is 0 Å². The Balaban J connectivity index is 0.000000791. The number of benzene rings is 2. The Morgan fingerprint density at radius 1 is 0.577 bits per heavy atom. The molecule has 0 spiro atoms. The summed E-state index contributed by atoms with van der Waals surface area (Å²) < 4.78 is 14.5. The van der Waals surface area contributed by atoms with Crippen LogP contribution in [0.5, 0.6) is 0 Å². The first-order chi connectivity index (χ1) is 12.6. The van der Waals surface area contributed by atoms with Crippen LogP contribution in [0.25, 0.3) is 0 Å². The van der Waals surface area contributed by atoms with Crippen molar-refractivity contribution in [1.29, 1.82) is 10.9 Å². The quantitative estimate of drug-likeness (QED) is 0.526. The molecule has 0 aromatic heterocycles. The maximum absolute atomic E-state index is 7.25. The second kappa shape index (κ2) is 11.2. The summed E-state index contributed by atoms with van der Waals surface area (Å²) in [5, 5.41) is 0. The molecule has 4 aliphatic rings. The molecule has 26 heavy (non-hydrogen) atoms. The Morgan fingerprint density at radius 2 is 0.846 bits per heavy atom. The predicted molar refractivity (Wildman–Crippen MR) is 107 cm³/mol. The van der Waals surface area contributed by atoms with Crippen LogP contribution in [-0.4, -0.2) is 0 Å². The third-order valence-electron chi connectivity index (χ3n) is 4.99. The Labute approximate surface area is 163 Å². The van der Waals surface area contributed by atoms with E-state index < -0.39 is 0 Å². The summed E-state index contributed by atoms with van der Waals surface area (Å²) in [6, 6.07) is 9.19. The van der Waals surface area contributed by atoms with Crippen molar-refractivity contribution < 1.29 is 9.55 Å². The summed E-state index contributed by atoms with van der Waals surface area (Å²) in [6.07, 6.45) is 0. The molecule has 0 N–H and O–H groups in total. The van der Waals surface area contributed by atoms with Gasteiger partial charge in [0.2, 0.25) is 0 Å². The Hall–Kier alpha value is -1.52. The molecular formula is C20H24N2O2S2+2. The molecule has 4 aliphatic heterocycles. The van der Waals surface area contributed by atoms with E-state index in [-0.39, 0.29) is 0 Å². The molecule has 4 nitrogen and oxygen atoms in total. The van der Waals surface area contributed by atoms with Gasteiger partial charge < -0.3 is 0 Å². The molecule has 0 atom stereocenters. The van der Waals surface area contributed by atoms with Gasteiger partial charge in [-0.05, 0) is 72.2 Å². The standard InChI is InChI=1S/C20H24S2.2NO/c1-13-14(2)20-12-22-10-18-7-5-17(6-8-18)9-21-11-19(13)15(3)16(20)4;2*1-2/h5-8H,9-12H2,1-4H3;;/q;2*+1. The fourth-order valence-corrected chi connectivity index (χ4v) is 5.51. The van der Waals surface area contributed by atoms with E-state index in [4.69, 9.17) is 20.5 Å². The van der Waals surface area contributed by atoms with Crippen molar-refractivity contribution >= 4 is 23.5 Å². The molecule has 2 aromatic rings. The van der Waals surface area contributed by atoms with Gasteiger partial charge in [-0.3, -0.25) is 0 Å². The molecular weight excluding hydrogens is 364 g/mol. The van der Waals surface area contributed by atoms with E-state index in [1.165, 1.54) is 33.4 Å². The molecule has 0 unspecified atom stereocenters. The molecule has 0 aliphatic carbocycles. The first-order valence-electron chi connectivity index (χ1n) is 8.26. The van der Waals surface area contributed by atoms with Crippen molar-refractivity contribution in [2.75, 3.05) is 0 Å². The molecule has 0 saturated carbocycles. The van der Waals surface area contributed by atoms with Crippen molar-refractivity contribution in [1.82, 2.24) is 0 Å². The molecule has 0 saturated heterocycles. The maximum atomic E-state index is 7.25. The van der Waals surface area contributed by atoms with Gasteiger partial charge in [0.15, 0.2) is 0 Å².